The molecule has 13 heavy (non-hydrogen) atoms. The Hall–Kier alpha value is -0.840. The van der Waals surface area contributed by atoms with E-state index in [1.54, 1.807) is 0 Å². The standard InChI is InChI=1S/C10H8INO/c1-7-9(11)10(12-13-7)8-5-3-2-4-6-8/h2-6H,1H3. The van der Waals surface area contributed by atoms with Crippen molar-refractivity contribution in [1.82, 2.24) is 5.16 Å². The lowest BCUT2D eigenvalue weighted by atomic mass is 10.1. The second-order valence-electron chi connectivity index (χ2n) is 2.77. The van der Waals surface area contributed by atoms with E-state index in [0.717, 1.165) is 20.6 Å². The van der Waals surface area contributed by atoms with Gasteiger partial charge in [-0.1, -0.05) is 35.5 Å². The van der Waals surface area contributed by atoms with Gasteiger partial charge in [-0.25, -0.2) is 0 Å². The Morgan fingerprint density at radius 3 is 2.46 bits per heavy atom. The van der Waals surface area contributed by atoms with E-state index in [4.69, 9.17) is 4.52 Å². The molecule has 0 aliphatic heterocycles. The smallest absolute Gasteiger partial charge is 0.147 e. The molecule has 2 aromatic rings. The minimum Gasteiger partial charge on any atom is -0.360 e. The normalized spacial score (nSPS) is 10.3. The zero-order valence-corrected chi connectivity index (χ0v) is 9.28. The zero-order valence-electron chi connectivity index (χ0n) is 7.12. The van der Waals surface area contributed by atoms with Gasteiger partial charge in [0.05, 0.1) is 3.57 Å². The quantitative estimate of drug-likeness (QED) is 0.752. The highest BCUT2D eigenvalue weighted by molar-refractivity contribution is 14.1. The fourth-order valence-electron chi connectivity index (χ4n) is 1.14. The Balaban J connectivity index is 2.53. The molecule has 0 fully saturated rings. The molecule has 1 heterocycles. The molecule has 1 aromatic carbocycles. The Morgan fingerprint density at radius 2 is 1.92 bits per heavy atom. The van der Waals surface area contributed by atoms with Crippen LogP contribution in [-0.4, -0.2) is 5.16 Å². The first-order valence-electron chi connectivity index (χ1n) is 3.96. The Labute approximate surface area is 90.1 Å². The minimum absolute atomic E-state index is 0.874. The van der Waals surface area contributed by atoms with Crippen molar-refractivity contribution in [3.05, 3.63) is 39.7 Å². The fourth-order valence-corrected chi connectivity index (χ4v) is 1.64. The molecule has 0 bridgehead atoms. The van der Waals surface area contributed by atoms with Crippen molar-refractivity contribution in [2.75, 3.05) is 0 Å². The lowest BCUT2D eigenvalue weighted by molar-refractivity contribution is 0.399. The average Bonchev–Trinajstić information content (AvgIpc) is 2.49. The van der Waals surface area contributed by atoms with Gasteiger partial charge in [0.15, 0.2) is 0 Å². The molecule has 0 radical (unpaired) electrons. The molecule has 0 spiro atoms. The number of hydrogen-bond donors (Lipinski definition) is 0. The van der Waals surface area contributed by atoms with Gasteiger partial charge in [-0.3, -0.25) is 0 Å². The Bertz CT molecular complexity index is 408. The fraction of sp³-hybridized carbons (Fsp3) is 0.100. The van der Waals surface area contributed by atoms with Crippen LogP contribution in [0, 0.1) is 10.5 Å². The predicted octanol–water partition coefficient (Wildman–Crippen LogP) is 3.25. The molecule has 2 rings (SSSR count). The van der Waals surface area contributed by atoms with Crippen molar-refractivity contribution >= 4 is 22.6 Å². The summed E-state index contributed by atoms with van der Waals surface area (Å²) in [5, 5.41) is 4.00. The van der Waals surface area contributed by atoms with Crippen LogP contribution in [0.4, 0.5) is 0 Å². The summed E-state index contributed by atoms with van der Waals surface area (Å²) in [6.07, 6.45) is 0. The van der Waals surface area contributed by atoms with Crippen LogP contribution in [-0.2, 0) is 0 Å². The van der Waals surface area contributed by atoms with Crippen molar-refractivity contribution in [3.8, 4) is 11.3 Å². The lowest BCUT2D eigenvalue weighted by Gasteiger charge is -1.94. The van der Waals surface area contributed by atoms with E-state index < -0.39 is 0 Å². The van der Waals surface area contributed by atoms with Gasteiger partial charge in [-0.15, -0.1) is 0 Å². The van der Waals surface area contributed by atoms with Crippen molar-refractivity contribution in [3.63, 3.8) is 0 Å². The van der Waals surface area contributed by atoms with Crippen LogP contribution in [0.1, 0.15) is 5.76 Å². The van der Waals surface area contributed by atoms with Gasteiger partial charge in [0.1, 0.15) is 11.5 Å². The van der Waals surface area contributed by atoms with Crippen LogP contribution in [0.25, 0.3) is 11.3 Å². The third-order valence-corrected chi connectivity index (χ3v) is 3.11. The van der Waals surface area contributed by atoms with Gasteiger partial charge in [0.2, 0.25) is 0 Å². The molecule has 66 valence electrons. The van der Waals surface area contributed by atoms with E-state index in [1.165, 1.54) is 0 Å². The largest absolute Gasteiger partial charge is 0.360 e. The first-order valence-corrected chi connectivity index (χ1v) is 5.04. The molecular weight excluding hydrogens is 277 g/mol. The van der Waals surface area contributed by atoms with Gasteiger partial charge in [0, 0.05) is 5.56 Å². The van der Waals surface area contributed by atoms with E-state index >= 15 is 0 Å². The molecule has 0 N–H and O–H groups in total. The Kier molecular flexibility index (Phi) is 2.35. The molecule has 0 aliphatic carbocycles. The summed E-state index contributed by atoms with van der Waals surface area (Å²) in [6, 6.07) is 10.0. The number of aryl methyl sites for hydroxylation is 1. The molecule has 0 saturated heterocycles. The van der Waals surface area contributed by atoms with Gasteiger partial charge >= 0.3 is 0 Å². The Morgan fingerprint density at radius 1 is 1.23 bits per heavy atom. The van der Waals surface area contributed by atoms with Crippen LogP contribution in [0.15, 0.2) is 34.9 Å². The highest BCUT2D eigenvalue weighted by Gasteiger charge is 2.10. The number of halogens is 1. The third kappa shape index (κ3) is 1.60. The van der Waals surface area contributed by atoms with Crippen molar-refractivity contribution in [2.24, 2.45) is 0 Å². The maximum Gasteiger partial charge on any atom is 0.147 e. The van der Waals surface area contributed by atoms with Crippen LogP contribution in [0.3, 0.4) is 0 Å². The summed E-state index contributed by atoms with van der Waals surface area (Å²) >= 11 is 2.25. The van der Waals surface area contributed by atoms with E-state index in [1.807, 2.05) is 37.3 Å². The third-order valence-electron chi connectivity index (χ3n) is 1.84. The summed E-state index contributed by atoms with van der Waals surface area (Å²) in [4.78, 5) is 0. The molecule has 3 heteroatoms. The summed E-state index contributed by atoms with van der Waals surface area (Å²) < 4.78 is 6.18. The number of rotatable bonds is 1. The van der Waals surface area contributed by atoms with Crippen molar-refractivity contribution in [2.45, 2.75) is 6.92 Å². The minimum atomic E-state index is 0.874. The van der Waals surface area contributed by atoms with E-state index in [-0.39, 0.29) is 0 Å². The summed E-state index contributed by atoms with van der Waals surface area (Å²) in [6.45, 7) is 1.92. The van der Waals surface area contributed by atoms with Gasteiger partial charge < -0.3 is 4.52 Å². The second kappa shape index (κ2) is 3.49. The average molecular weight is 285 g/mol. The SMILES string of the molecule is Cc1onc(-c2ccccc2)c1I. The van der Waals surface area contributed by atoms with E-state index in [0.29, 0.717) is 0 Å². The van der Waals surface area contributed by atoms with E-state index in [2.05, 4.69) is 27.7 Å². The highest BCUT2D eigenvalue weighted by atomic mass is 127. The van der Waals surface area contributed by atoms with Crippen LogP contribution in [0.5, 0.6) is 0 Å². The molecule has 0 unspecified atom stereocenters. The summed E-state index contributed by atoms with van der Waals surface area (Å²) in [7, 11) is 0. The molecule has 2 nitrogen and oxygen atoms in total. The number of benzene rings is 1. The van der Waals surface area contributed by atoms with E-state index in [9.17, 15) is 0 Å². The second-order valence-corrected chi connectivity index (χ2v) is 3.85. The molecular formula is C10H8INO. The maximum absolute atomic E-state index is 5.09. The topological polar surface area (TPSA) is 26.0 Å². The lowest BCUT2D eigenvalue weighted by Crippen LogP contribution is -1.79. The zero-order chi connectivity index (χ0) is 9.26. The monoisotopic (exact) mass is 285 g/mol. The first-order chi connectivity index (χ1) is 6.29. The van der Waals surface area contributed by atoms with Gasteiger partial charge in [-0.2, -0.15) is 0 Å². The number of hydrogen-bond acceptors (Lipinski definition) is 2. The molecule has 0 amide bonds. The van der Waals surface area contributed by atoms with Crippen LogP contribution < -0.4 is 0 Å². The molecule has 1 aromatic heterocycles. The predicted molar refractivity (Wildman–Crippen MR) is 59.4 cm³/mol. The van der Waals surface area contributed by atoms with Crippen molar-refractivity contribution in [1.29, 1.82) is 0 Å². The summed E-state index contributed by atoms with van der Waals surface area (Å²) in [5.41, 5.74) is 2.03. The number of aromatic nitrogens is 1. The summed E-state index contributed by atoms with van der Waals surface area (Å²) in [5.74, 6) is 0.874. The van der Waals surface area contributed by atoms with Crippen LogP contribution >= 0.6 is 22.6 Å². The highest BCUT2D eigenvalue weighted by Crippen LogP contribution is 2.25. The molecule has 0 aliphatic rings. The van der Waals surface area contributed by atoms with Crippen molar-refractivity contribution < 1.29 is 4.52 Å². The molecule has 0 atom stereocenters. The molecule has 0 saturated carbocycles. The first kappa shape index (κ1) is 8.74. The van der Waals surface area contributed by atoms with Gasteiger partial charge in [0.25, 0.3) is 0 Å². The maximum atomic E-state index is 5.09. The van der Waals surface area contributed by atoms with Crippen LogP contribution in [0.2, 0.25) is 0 Å². The number of nitrogens with zero attached hydrogens (tertiary/aromatic N) is 1. The van der Waals surface area contributed by atoms with Gasteiger partial charge in [-0.05, 0) is 29.5 Å².